The van der Waals surface area contributed by atoms with Crippen molar-refractivity contribution in [2.75, 3.05) is 6.54 Å². The Balaban J connectivity index is 2.85. The maximum atomic E-state index is 12.9. The maximum Gasteiger partial charge on any atom is 0.289 e. The molecule has 0 fully saturated rings. The van der Waals surface area contributed by atoms with Crippen molar-refractivity contribution < 1.29 is 19.2 Å². The SMILES string of the molecule is CCC[C@H](NC(=O)[C@H](CC(C)C)NC(=O)[C@H](N)Cc1ccccc1)C(=O)C(=O)NCC. The number of ketones is 1. The molecule has 0 aliphatic rings. The fourth-order valence-corrected chi connectivity index (χ4v) is 3.18. The standard InChI is InChI=1S/C23H36N4O4/c1-5-10-18(20(28)23(31)25-6-2)26-22(30)19(13-15(3)4)27-21(29)17(24)14-16-11-8-7-9-12-16/h7-9,11-12,15,17-19H,5-6,10,13-14,24H2,1-4H3,(H,25,31)(H,26,30)(H,27,29)/t17-,18+,19+/m1/s1. The predicted octanol–water partition coefficient (Wildman–Crippen LogP) is 1.08. The van der Waals surface area contributed by atoms with E-state index in [-0.39, 0.29) is 5.92 Å². The molecule has 0 bridgehead atoms. The number of amides is 3. The van der Waals surface area contributed by atoms with Gasteiger partial charge in [-0.2, -0.15) is 0 Å². The van der Waals surface area contributed by atoms with E-state index in [0.29, 0.717) is 32.2 Å². The smallest absolute Gasteiger partial charge is 0.289 e. The van der Waals surface area contributed by atoms with E-state index < -0.39 is 41.6 Å². The van der Waals surface area contributed by atoms with Crippen molar-refractivity contribution in [3.63, 3.8) is 0 Å². The van der Waals surface area contributed by atoms with Crippen molar-refractivity contribution in [3.8, 4) is 0 Å². The zero-order valence-electron chi connectivity index (χ0n) is 18.9. The number of Topliss-reactive ketones (excluding diaryl/α,β-unsaturated/α-hetero) is 1. The zero-order chi connectivity index (χ0) is 23.4. The number of benzene rings is 1. The molecule has 3 atom stereocenters. The van der Waals surface area contributed by atoms with Crippen LogP contribution in [0.15, 0.2) is 30.3 Å². The molecule has 0 heterocycles. The third kappa shape index (κ3) is 9.29. The van der Waals surface area contributed by atoms with Crippen LogP contribution < -0.4 is 21.7 Å². The van der Waals surface area contributed by atoms with E-state index in [2.05, 4.69) is 16.0 Å². The van der Waals surface area contributed by atoms with Crippen LogP contribution >= 0.6 is 0 Å². The molecule has 1 aromatic rings. The number of hydrogen-bond donors (Lipinski definition) is 4. The lowest BCUT2D eigenvalue weighted by Gasteiger charge is -2.24. The van der Waals surface area contributed by atoms with Crippen LogP contribution in [0.4, 0.5) is 0 Å². The van der Waals surface area contributed by atoms with Crippen LogP contribution in [0, 0.1) is 5.92 Å². The fraction of sp³-hybridized carbons (Fsp3) is 0.565. The monoisotopic (exact) mass is 432 g/mol. The minimum atomic E-state index is -0.936. The fourth-order valence-electron chi connectivity index (χ4n) is 3.18. The lowest BCUT2D eigenvalue weighted by molar-refractivity contribution is -0.140. The summed E-state index contributed by atoms with van der Waals surface area (Å²) in [6, 6.07) is 6.79. The number of nitrogens with two attached hydrogens (primary N) is 1. The van der Waals surface area contributed by atoms with Crippen molar-refractivity contribution in [1.29, 1.82) is 0 Å². The summed E-state index contributed by atoms with van der Waals surface area (Å²) in [5.41, 5.74) is 6.97. The highest BCUT2D eigenvalue weighted by Crippen LogP contribution is 2.08. The second kappa shape index (κ2) is 13.5. The van der Waals surface area contributed by atoms with Gasteiger partial charge in [-0.05, 0) is 37.7 Å². The molecule has 172 valence electrons. The molecule has 0 aliphatic carbocycles. The minimum absolute atomic E-state index is 0.116. The summed E-state index contributed by atoms with van der Waals surface area (Å²) in [6.45, 7) is 7.76. The summed E-state index contributed by atoms with van der Waals surface area (Å²) in [7, 11) is 0. The van der Waals surface area contributed by atoms with Gasteiger partial charge in [0.25, 0.3) is 5.91 Å². The first-order valence-electron chi connectivity index (χ1n) is 10.9. The topological polar surface area (TPSA) is 130 Å². The molecule has 0 aliphatic heterocycles. The van der Waals surface area contributed by atoms with Gasteiger partial charge in [-0.15, -0.1) is 0 Å². The Kier molecular flexibility index (Phi) is 11.5. The second-order valence-electron chi connectivity index (χ2n) is 8.06. The Bertz CT molecular complexity index is 736. The minimum Gasteiger partial charge on any atom is -0.350 e. The van der Waals surface area contributed by atoms with E-state index in [4.69, 9.17) is 5.73 Å². The number of hydrogen-bond acceptors (Lipinski definition) is 5. The van der Waals surface area contributed by atoms with E-state index in [1.807, 2.05) is 51.1 Å². The number of likely N-dealkylation sites (N-methyl/N-ethyl adjacent to an activating group) is 1. The van der Waals surface area contributed by atoms with Gasteiger partial charge in [0, 0.05) is 6.54 Å². The molecule has 0 radical (unpaired) electrons. The molecular weight excluding hydrogens is 396 g/mol. The molecular formula is C23H36N4O4. The van der Waals surface area contributed by atoms with Gasteiger partial charge in [0.2, 0.25) is 17.6 Å². The number of rotatable bonds is 13. The summed E-state index contributed by atoms with van der Waals surface area (Å²) in [5, 5.41) is 7.84. The van der Waals surface area contributed by atoms with Crippen LogP contribution in [0.25, 0.3) is 0 Å². The summed E-state index contributed by atoms with van der Waals surface area (Å²) in [4.78, 5) is 49.9. The number of nitrogens with one attached hydrogen (secondary N) is 3. The number of carbonyl (C=O) groups is 4. The van der Waals surface area contributed by atoms with Gasteiger partial charge in [0.15, 0.2) is 0 Å². The summed E-state index contributed by atoms with van der Waals surface area (Å²) < 4.78 is 0. The molecule has 0 spiro atoms. The van der Waals surface area contributed by atoms with E-state index in [1.165, 1.54) is 0 Å². The molecule has 3 amide bonds. The van der Waals surface area contributed by atoms with Crippen LogP contribution in [-0.4, -0.2) is 48.2 Å². The molecule has 31 heavy (non-hydrogen) atoms. The van der Waals surface area contributed by atoms with Gasteiger partial charge in [0.05, 0.1) is 12.1 Å². The van der Waals surface area contributed by atoms with Crippen molar-refractivity contribution in [2.24, 2.45) is 11.7 Å². The van der Waals surface area contributed by atoms with Gasteiger partial charge >= 0.3 is 0 Å². The Morgan fingerprint density at radius 3 is 2.10 bits per heavy atom. The van der Waals surface area contributed by atoms with Gasteiger partial charge in [-0.1, -0.05) is 57.5 Å². The van der Waals surface area contributed by atoms with E-state index in [9.17, 15) is 19.2 Å². The molecule has 0 aromatic heterocycles. The normalized spacial score (nSPS) is 13.7. The van der Waals surface area contributed by atoms with Crippen molar-refractivity contribution >= 4 is 23.5 Å². The largest absolute Gasteiger partial charge is 0.350 e. The van der Waals surface area contributed by atoms with Crippen LogP contribution in [0.5, 0.6) is 0 Å². The average molecular weight is 433 g/mol. The van der Waals surface area contributed by atoms with Crippen molar-refractivity contribution in [3.05, 3.63) is 35.9 Å². The molecule has 0 saturated carbocycles. The second-order valence-corrected chi connectivity index (χ2v) is 8.06. The van der Waals surface area contributed by atoms with Gasteiger partial charge in [0.1, 0.15) is 6.04 Å². The first-order chi connectivity index (χ1) is 14.7. The highest BCUT2D eigenvalue weighted by atomic mass is 16.2. The van der Waals surface area contributed by atoms with Crippen molar-refractivity contribution in [1.82, 2.24) is 16.0 Å². The summed E-state index contributed by atoms with van der Waals surface area (Å²) >= 11 is 0. The molecule has 1 aromatic carbocycles. The van der Waals surface area contributed by atoms with E-state index >= 15 is 0 Å². The Morgan fingerprint density at radius 1 is 0.935 bits per heavy atom. The lowest BCUT2D eigenvalue weighted by Crippen LogP contribution is -2.56. The number of carbonyl (C=O) groups excluding carboxylic acids is 4. The third-order valence-corrected chi connectivity index (χ3v) is 4.75. The van der Waals surface area contributed by atoms with Crippen LogP contribution in [0.1, 0.15) is 52.5 Å². The third-order valence-electron chi connectivity index (χ3n) is 4.75. The van der Waals surface area contributed by atoms with Crippen LogP contribution in [-0.2, 0) is 25.6 Å². The Hall–Kier alpha value is -2.74. The quantitative estimate of drug-likeness (QED) is 0.347. The lowest BCUT2D eigenvalue weighted by atomic mass is 10.00. The van der Waals surface area contributed by atoms with E-state index in [0.717, 1.165) is 5.56 Å². The van der Waals surface area contributed by atoms with Crippen molar-refractivity contribution in [2.45, 2.75) is 71.5 Å². The summed E-state index contributed by atoms with van der Waals surface area (Å²) in [6.07, 6.45) is 1.66. The first kappa shape index (κ1) is 26.3. The molecule has 0 saturated heterocycles. The van der Waals surface area contributed by atoms with Gasteiger partial charge in [-0.3, -0.25) is 19.2 Å². The molecule has 0 unspecified atom stereocenters. The predicted molar refractivity (Wildman–Crippen MR) is 120 cm³/mol. The molecule has 8 heteroatoms. The average Bonchev–Trinajstić information content (AvgIpc) is 2.72. The highest BCUT2D eigenvalue weighted by molar-refractivity contribution is 6.38. The highest BCUT2D eigenvalue weighted by Gasteiger charge is 2.30. The van der Waals surface area contributed by atoms with Crippen LogP contribution in [0.2, 0.25) is 0 Å². The molecule has 5 N–H and O–H groups in total. The maximum absolute atomic E-state index is 12.9. The Labute approximate surface area is 184 Å². The molecule has 1 rings (SSSR count). The van der Waals surface area contributed by atoms with Gasteiger partial charge < -0.3 is 21.7 Å². The zero-order valence-corrected chi connectivity index (χ0v) is 18.9. The van der Waals surface area contributed by atoms with Crippen LogP contribution in [0.3, 0.4) is 0 Å². The Morgan fingerprint density at radius 2 is 1.55 bits per heavy atom. The summed E-state index contributed by atoms with van der Waals surface area (Å²) in [5.74, 6) is -2.23. The van der Waals surface area contributed by atoms with Gasteiger partial charge in [-0.25, -0.2) is 0 Å². The molecule has 8 nitrogen and oxygen atoms in total. The van der Waals surface area contributed by atoms with E-state index in [1.54, 1.807) is 6.92 Å². The first-order valence-corrected chi connectivity index (χ1v) is 10.9.